The molecule has 0 fully saturated rings. The van der Waals surface area contributed by atoms with Crippen LogP contribution in [0.2, 0.25) is 0 Å². The summed E-state index contributed by atoms with van der Waals surface area (Å²) >= 11 is 0. The van der Waals surface area contributed by atoms with Crippen molar-refractivity contribution in [1.29, 1.82) is 5.41 Å². The largest absolute Gasteiger partial charge is 0.383 e. The number of likely N-dealkylation sites (N-methyl/N-ethyl adjacent to an activating group) is 1. The van der Waals surface area contributed by atoms with E-state index in [1.165, 1.54) is 57.8 Å². The smallest absolute Gasteiger partial charge is 0.197 e. The van der Waals surface area contributed by atoms with Gasteiger partial charge in [0, 0.05) is 27.2 Å². The van der Waals surface area contributed by atoms with Crippen molar-refractivity contribution in [3.63, 3.8) is 0 Å². The van der Waals surface area contributed by atoms with Crippen molar-refractivity contribution >= 4 is 24.3 Å². The first-order valence-corrected chi connectivity index (χ1v) is 9.47. The van der Waals surface area contributed by atoms with E-state index in [-0.39, 0.29) is 18.4 Å². The molecule has 0 aromatic heterocycles. The molecule has 0 aliphatic heterocycles. The lowest BCUT2D eigenvalue weighted by atomic mass is 10.1. The number of ether oxygens (including phenoxy) is 1. The summed E-state index contributed by atoms with van der Waals surface area (Å²) < 4.78 is 4.98. The van der Waals surface area contributed by atoms with Gasteiger partial charge in [-0.3, -0.25) is 15.7 Å². The molecule has 0 rings (SSSR count). The van der Waals surface area contributed by atoms with Crippen molar-refractivity contribution in [2.24, 2.45) is 10.7 Å². The molecule has 0 saturated heterocycles. The van der Waals surface area contributed by atoms with Crippen LogP contribution < -0.4 is 11.1 Å². The molecule has 0 amide bonds. The van der Waals surface area contributed by atoms with Gasteiger partial charge in [0.05, 0.1) is 6.61 Å². The molecule has 7 heteroatoms. The Kier molecular flexibility index (Phi) is 20.3. The molecule has 150 valence electrons. The molecule has 0 aromatic carbocycles. The lowest BCUT2D eigenvalue weighted by Gasteiger charge is -2.19. The molecule has 0 spiro atoms. The standard InChI is InChI=1S/C18H39N5O.ClH/c1-4-5-6-7-8-9-10-11-12-13-14-21-17(19)22-18(20)23(2)15-16-24-3;/h4-16H2,1-3H3,(H4,19,20,21,22);1H. The fraction of sp³-hybridized carbons (Fsp3) is 0.889. The normalized spacial score (nSPS) is 11.1. The Balaban J connectivity index is 0. The Bertz CT molecular complexity index is 339. The van der Waals surface area contributed by atoms with Gasteiger partial charge in [0.1, 0.15) is 0 Å². The molecule has 0 aromatic rings. The molecule has 4 N–H and O–H groups in total. The average molecular weight is 378 g/mol. The molecule has 0 aliphatic carbocycles. The van der Waals surface area contributed by atoms with E-state index in [9.17, 15) is 0 Å². The zero-order chi connectivity index (χ0) is 18.0. The van der Waals surface area contributed by atoms with Crippen molar-refractivity contribution < 1.29 is 4.74 Å². The number of rotatable bonds is 14. The second-order valence-corrected chi connectivity index (χ2v) is 6.34. The van der Waals surface area contributed by atoms with Crippen molar-refractivity contribution in [2.75, 3.05) is 33.9 Å². The van der Waals surface area contributed by atoms with E-state index in [2.05, 4.69) is 17.2 Å². The molecule has 0 unspecified atom stereocenters. The van der Waals surface area contributed by atoms with Gasteiger partial charge >= 0.3 is 0 Å². The van der Waals surface area contributed by atoms with Crippen molar-refractivity contribution in [3.05, 3.63) is 0 Å². The van der Waals surface area contributed by atoms with Gasteiger partial charge in [-0.05, 0) is 6.42 Å². The third kappa shape index (κ3) is 17.6. The summed E-state index contributed by atoms with van der Waals surface area (Å²) in [6, 6.07) is 0. The van der Waals surface area contributed by atoms with Crippen LogP contribution in [0.4, 0.5) is 0 Å². The number of guanidine groups is 2. The highest BCUT2D eigenvalue weighted by molar-refractivity contribution is 5.96. The molecule has 0 heterocycles. The van der Waals surface area contributed by atoms with Crippen LogP contribution in [0.5, 0.6) is 0 Å². The van der Waals surface area contributed by atoms with Crippen LogP contribution in [0.3, 0.4) is 0 Å². The van der Waals surface area contributed by atoms with Gasteiger partial charge in [-0.2, -0.15) is 0 Å². The van der Waals surface area contributed by atoms with E-state index in [0.717, 1.165) is 13.0 Å². The maximum atomic E-state index is 7.85. The summed E-state index contributed by atoms with van der Waals surface area (Å²) in [5, 5.41) is 10.7. The Morgan fingerprint density at radius 2 is 1.56 bits per heavy atom. The minimum Gasteiger partial charge on any atom is -0.383 e. The van der Waals surface area contributed by atoms with Gasteiger partial charge in [-0.25, -0.2) is 0 Å². The van der Waals surface area contributed by atoms with Crippen LogP contribution in [0.25, 0.3) is 0 Å². The second-order valence-electron chi connectivity index (χ2n) is 6.34. The molecule has 0 bridgehead atoms. The lowest BCUT2D eigenvalue weighted by Crippen LogP contribution is -2.45. The lowest BCUT2D eigenvalue weighted by molar-refractivity contribution is 0.182. The van der Waals surface area contributed by atoms with Gasteiger partial charge < -0.3 is 15.4 Å². The number of methoxy groups -OCH3 is 1. The van der Waals surface area contributed by atoms with E-state index in [1.807, 2.05) is 7.05 Å². The molecule has 0 aliphatic rings. The molecule has 25 heavy (non-hydrogen) atoms. The number of hydrogen-bond donors (Lipinski definition) is 3. The molecular weight excluding hydrogens is 338 g/mol. The summed E-state index contributed by atoms with van der Waals surface area (Å²) in [5.74, 6) is 0.566. The third-order valence-electron chi connectivity index (χ3n) is 4.05. The molecule has 0 atom stereocenters. The summed E-state index contributed by atoms with van der Waals surface area (Å²) in [6.45, 7) is 4.21. The fourth-order valence-corrected chi connectivity index (χ4v) is 2.40. The van der Waals surface area contributed by atoms with Crippen LogP contribution in [-0.4, -0.2) is 50.7 Å². The highest BCUT2D eigenvalue weighted by Crippen LogP contribution is 2.10. The van der Waals surface area contributed by atoms with E-state index < -0.39 is 0 Å². The number of nitrogens with zero attached hydrogens (tertiary/aromatic N) is 2. The maximum Gasteiger partial charge on any atom is 0.197 e. The highest BCUT2D eigenvalue weighted by atomic mass is 35.5. The number of hydrogen-bond acceptors (Lipinski definition) is 3. The highest BCUT2D eigenvalue weighted by Gasteiger charge is 2.04. The SMILES string of the molecule is CCCCCCCCCCCCN=C(N)NC(=N)N(C)CCOC.Cl. The Morgan fingerprint density at radius 3 is 2.08 bits per heavy atom. The Labute approximate surface area is 160 Å². The zero-order valence-corrected chi connectivity index (χ0v) is 17.3. The average Bonchev–Trinajstić information content (AvgIpc) is 2.57. The van der Waals surface area contributed by atoms with Crippen LogP contribution >= 0.6 is 12.4 Å². The first-order chi connectivity index (χ1) is 11.6. The topological polar surface area (TPSA) is 86.7 Å². The number of halogens is 1. The number of aliphatic imine (C=N–C) groups is 1. The van der Waals surface area contributed by atoms with Crippen LogP contribution in [0.15, 0.2) is 4.99 Å². The van der Waals surface area contributed by atoms with Gasteiger partial charge in [-0.15, -0.1) is 12.4 Å². The van der Waals surface area contributed by atoms with Gasteiger partial charge in [0.25, 0.3) is 0 Å². The summed E-state index contributed by atoms with van der Waals surface area (Å²) in [4.78, 5) is 6.02. The third-order valence-corrected chi connectivity index (χ3v) is 4.05. The quantitative estimate of drug-likeness (QED) is 0.244. The van der Waals surface area contributed by atoms with Crippen molar-refractivity contribution in [1.82, 2.24) is 10.2 Å². The van der Waals surface area contributed by atoms with Gasteiger partial charge in [0.2, 0.25) is 0 Å². The summed E-state index contributed by atoms with van der Waals surface area (Å²) in [5.41, 5.74) is 5.80. The fourth-order valence-electron chi connectivity index (χ4n) is 2.40. The molecule has 0 saturated carbocycles. The zero-order valence-electron chi connectivity index (χ0n) is 16.5. The van der Waals surface area contributed by atoms with Crippen LogP contribution in [0.1, 0.15) is 71.1 Å². The van der Waals surface area contributed by atoms with E-state index >= 15 is 0 Å². The van der Waals surface area contributed by atoms with E-state index in [0.29, 0.717) is 19.1 Å². The minimum absolute atomic E-state index is 0. The number of unbranched alkanes of at least 4 members (excludes halogenated alkanes) is 9. The van der Waals surface area contributed by atoms with Crippen LogP contribution in [0, 0.1) is 5.41 Å². The van der Waals surface area contributed by atoms with Crippen molar-refractivity contribution in [3.8, 4) is 0 Å². The summed E-state index contributed by atoms with van der Waals surface area (Å²) in [7, 11) is 3.47. The van der Waals surface area contributed by atoms with E-state index in [1.54, 1.807) is 12.0 Å². The summed E-state index contributed by atoms with van der Waals surface area (Å²) in [6.07, 6.45) is 13.1. The minimum atomic E-state index is 0. The Morgan fingerprint density at radius 1 is 1.04 bits per heavy atom. The van der Waals surface area contributed by atoms with Crippen molar-refractivity contribution in [2.45, 2.75) is 71.1 Å². The predicted molar refractivity (Wildman–Crippen MR) is 111 cm³/mol. The Hall–Kier alpha value is -1.01. The van der Waals surface area contributed by atoms with Crippen LogP contribution in [-0.2, 0) is 4.74 Å². The number of nitrogens with two attached hydrogens (primary N) is 1. The van der Waals surface area contributed by atoms with Gasteiger partial charge in [0.15, 0.2) is 11.9 Å². The predicted octanol–water partition coefficient (Wildman–Crippen LogP) is 3.75. The monoisotopic (exact) mass is 377 g/mol. The first-order valence-electron chi connectivity index (χ1n) is 9.47. The molecule has 0 radical (unpaired) electrons. The van der Waals surface area contributed by atoms with E-state index in [4.69, 9.17) is 15.9 Å². The maximum absolute atomic E-state index is 7.85. The number of nitrogens with one attached hydrogen (secondary N) is 2. The first kappa shape index (κ1) is 26.2. The molecule has 6 nitrogen and oxygen atoms in total. The second kappa shape index (κ2) is 19.3. The molecular formula is C18H40ClN5O. The van der Waals surface area contributed by atoms with Gasteiger partial charge in [-0.1, -0.05) is 64.7 Å².